The number of aromatic nitrogens is 3. The summed E-state index contributed by atoms with van der Waals surface area (Å²) < 4.78 is 17.0. The number of ether oxygens (including phenoxy) is 3. The molecule has 2 saturated heterocycles. The van der Waals surface area contributed by atoms with Gasteiger partial charge in [-0.2, -0.15) is 0 Å². The average molecular weight is 773 g/mol. The molecule has 0 radical (unpaired) electrons. The number of carbonyl (C=O) groups is 5. The maximum absolute atomic E-state index is 13.2. The summed E-state index contributed by atoms with van der Waals surface area (Å²) in [4.78, 5) is 78.2. The van der Waals surface area contributed by atoms with E-state index in [9.17, 15) is 24.0 Å². The molecule has 4 N–H and O–H groups in total. The molecular formula is C38H41ClN8O8. The molecule has 3 aliphatic heterocycles. The van der Waals surface area contributed by atoms with Crippen molar-refractivity contribution in [3.63, 3.8) is 0 Å². The van der Waals surface area contributed by atoms with Crippen LogP contribution in [0, 0.1) is 0 Å². The molecule has 2 fully saturated rings. The van der Waals surface area contributed by atoms with Crippen LogP contribution < -0.4 is 20.7 Å². The lowest BCUT2D eigenvalue weighted by atomic mass is 10.0. The zero-order valence-electron chi connectivity index (χ0n) is 30.0. The van der Waals surface area contributed by atoms with Gasteiger partial charge >= 0.3 is 0 Å². The molecule has 0 bridgehead atoms. The molecule has 17 heteroatoms. The maximum Gasteiger partial charge on any atom is 0.266 e. The molecular weight excluding hydrogens is 732 g/mol. The van der Waals surface area contributed by atoms with Crippen LogP contribution in [0.4, 0.5) is 5.95 Å². The Morgan fingerprint density at radius 3 is 2.65 bits per heavy atom. The summed E-state index contributed by atoms with van der Waals surface area (Å²) in [5.74, 6) is -2.37. The number of halogens is 1. The molecule has 2 aromatic heterocycles. The van der Waals surface area contributed by atoms with Gasteiger partial charge in [0.1, 0.15) is 11.8 Å². The summed E-state index contributed by atoms with van der Waals surface area (Å²) in [6.45, 7) is 4.00. The summed E-state index contributed by atoms with van der Waals surface area (Å²) >= 11 is 6.51. The first-order valence-electron chi connectivity index (χ1n) is 18.2. The van der Waals surface area contributed by atoms with E-state index in [-0.39, 0.29) is 48.9 Å². The number of aromatic amines is 1. The van der Waals surface area contributed by atoms with E-state index >= 15 is 0 Å². The number of anilines is 1. The normalized spacial score (nSPS) is 18.7. The summed E-state index contributed by atoms with van der Waals surface area (Å²) in [6, 6.07) is 11.6. The average Bonchev–Trinajstić information content (AvgIpc) is 3.72. The minimum Gasteiger partial charge on any atom is -0.483 e. The van der Waals surface area contributed by atoms with E-state index in [1.807, 2.05) is 30.5 Å². The molecule has 0 aliphatic carbocycles. The van der Waals surface area contributed by atoms with Crippen LogP contribution in [0.1, 0.15) is 46.4 Å². The number of hydrogen-bond acceptors (Lipinski definition) is 12. The Balaban J connectivity index is 0.765. The van der Waals surface area contributed by atoms with Gasteiger partial charge in [-0.15, -0.1) is 0 Å². The number of likely N-dealkylation sites (tertiary alicyclic amines) is 1. The number of nitrogens with one attached hydrogen (secondary N) is 4. The Kier molecular flexibility index (Phi) is 12.0. The standard InChI is InChI=1S/C38H41ClN8O8/c39-27-20-42-38(45-34(27)26-19-41-28-8-2-1-6-24(26)28)43-23-5-4-13-46(21-23)14-16-54-18-17-53-15-12-40-32(49)22-55-30-9-3-7-25-33(30)37(52)47(36(25)51)29-10-11-31(48)44-35(29)50/h1-3,6-9,19-20,23,29,41H,4-5,10-18,21-22H2,(H,40,49)(H,42,43,45)(H,44,48,50)/t23-,29?/m1/s1. The van der Waals surface area contributed by atoms with Gasteiger partial charge < -0.3 is 29.8 Å². The fraction of sp³-hybridized carbons (Fsp3) is 0.395. The molecule has 1 unspecified atom stereocenters. The summed E-state index contributed by atoms with van der Waals surface area (Å²) in [5, 5.41) is 9.89. The zero-order valence-corrected chi connectivity index (χ0v) is 30.7. The van der Waals surface area contributed by atoms with Gasteiger partial charge in [0.15, 0.2) is 6.61 Å². The highest BCUT2D eigenvalue weighted by Crippen LogP contribution is 2.34. The number of para-hydroxylation sites is 1. The quantitative estimate of drug-likeness (QED) is 0.0962. The number of nitrogens with zero attached hydrogens (tertiary/aromatic N) is 4. The van der Waals surface area contributed by atoms with E-state index in [0.717, 1.165) is 53.8 Å². The van der Waals surface area contributed by atoms with Crippen molar-refractivity contribution >= 4 is 58.0 Å². The fourth-order valence-electron chi connectivity index (χ4n) is 7.03. The number of carbonyl (C=O) groups excluding carboxylic acids is 5. The second-order valence-electron chi connectivity index (χ2n) is 13.4. The van der Waals surface area contributed by atoms with Crippen LogP contribution in [0.5, 0.6) is 5.75 Å². The Bertz CT molecular complexity index is 2090. The Morgan fingerprint density at radius 2 is 1.80 bits per heavy atom. The number of amides is 5. The highest BCUT2D eigenvalue weighted by molar-refractivity contribution is 6.33. The minimum absolute atomic E-state index is 0.0147. The molecule has 7 rings (SSSR count). The van der Waals surface area contributed by atoms with Crippen molar-refractivity contribution < 1.29 is 38.2 Å². The van der Waals surface area contributed by atoms with E-state index < -0.39 is 42.2 Å². The van der Waals surface area contributed by atoms with Crippen molar-refractivity contribution in [2.45, 2.75) is 37.8 Å². The molecule has 5 amide bonds. The number of H-pyrrole nitrogens is 1. The predicted molar refractivity (Wildman–Crippen MR) is 201 cm³/mol. The second kappa shape index (κ2) is 17.4. The van der Waals surface area contributed by atoms with Crippen LogP contribution in [0.15, 0.2) is 54.9 Å². The van der Waals surface area contributed by atoms with Crippen molar-refractivity contribution in [2.24, 2.45) is 0 Å². The summed E-state index contributed by atoms with van der Waals surface area (Å²) in [7, 11) is 0. The van der Waals surface area contributed by atoms with E-state index in [0.29, 0.717) is 36.5 Å². The third-order valence-corrected chi connectivity index (χ3v) is 9.98. The van der Waals surface area contributed by atoms with E-state index in [1.165, 1.54) is 18.2 Å². The number of rotatable bonds is 16. The van der Waals surface area contributed by atoms with Gasteiger partial charge in [0.05, 0.1) is 54.5 Å². The lowest BCUT2D eigenvalue weighted by Gasteiger charge is -2.33. The molecule has 2 atom stereocenters. The Labute approximate surface area is 321 Å². The van der Waals surface area contributed by atoms with Gasteiger partial charge in [0.25, 0.3) is 17.7 Å². The fourth-order valence-corrected chi connectivity index (χ4v) is 7.22. The van der Waals surface area contributed by atoms with Gasteiger partial charge in [-0.1, -0.05) is 35.9 Å². The first-order chi connectivity index (χ1) is 26.8. The van der Waals surface area contributed by atoms with E-state index in [1.54, 1.807) is 6.20 Å². The van der Waals surface area contributed by atoms with Crippen LogP contribution in [0.2, 0.25) is 5.02 Å². The zero-order chi connectivity index (χ0) is 38.3. The molecule has 55 heavy (non-hydrogen) atoms. The van der Waals surface area contributed by atoms with E-state index in [4.69, 9.17) is 30.8 Å². The first-order valence-corrected chi connectivity index (χ1v) is 18.6. The third-order valence-electron chi connectivity index (χ3n) is 9.71. The van der Waals surface area contributed by atoms with Gasteiger partial charge in [-0.05, 0) is 44.0 Å². The molecule has 16 nitrogen and oxygen atoms in total. The molecule has 0 saturated carbocycles. The van der Waals surface area contributed by atoms with Crippen LogP contribution in [0.25, 0.3) is 22.2 Å². The second-order valence-corrected chi connectivity index (χ2v) is 13.8. The smallest absolute Gasteiger partial charge is 0.266 e. The van der Waals surface area contributed by atoms with Gasteiger partial charge in [-0.25, -0.2) is 9.97 Å². The van der Waals surface area contributed by atoms with Crippen LogP contribution >= 0.6 is 11.6 Å². The molecule has 2 aromatic carbocycles. The molecule has 288 valence electrons. The topological polar surface area (TPSA) is 197 Å². The number of piperidine rings is 2. The number of hydrogen-bond donors (Lipinski definition) is 4. The Hall–Kier alpha value is -5.42. The molecule has 0 spiro atoms. The minimum atomic E-state index is -1.10. The van der Waals surface area contributed by atoms with Crippen LogP contribution in [-0.2, 0) is 23.9 Å². The number of fused-ring (bicyclic) bond motifs is 2. The first kappa shape index (κ1) is 37.9. The lowest BCUT2D eigenvalue weighted by Crippen LogP contribution is -2.54. The highest BCUT2D eigenvalue weighted by Gasteiger charge is 2.46. The van der Waals surface area contributed by atoms with Crippen LogP contribution in [0.3, 0.4) is 0 Å². The van der Waals surface area contributed by atoms with Gasteiger partial charge in [0.2, 0.25) is 17.8 Å². The monoisotopic (exact) mass is 772 g/mol. The van der Waals surface area contributed by atoms with Crippen molar-refractivity contribution in [1.82, 2.24) is 35.4 Å². The highest BCUT2D eigenvalue weighted by atomic mass is 35.5. The summed E-state index contributed by atoms with van der Waals surface area (Å²) in [6.07, 6.45) is 5.65. The molecule has 4 aromatic rings. The van der Waals surface area contributed by atoms with Crippen LogP contribution in [-0.4, -0.2) is 126 Å². The Morgan fingerprint density at radius 1 is 0.964 bits per heavy atom. The van der Waals surface area contributed by atoms with E-state index in [2.05, 4.69) is 30.8 Å². The molecule has 5 heterocycles. The van der Waals surface area contributed by atoms with Gasteiger partial charge in [-0.3, -0.25) is 39.1 Å². The van der Waals surface area contributed by atoms with Gasteiger partial charge in [0, 0.05) is 54.8 Å². The number of imide groups is 2. The third kappa shape index (κ3) is 8.78. The van der Waals surface area contributed by atoms with Crippen molar-refractivity contribution in [1.29, 1.82) is 0 Å². The van der Waals surface area contributed by atoms with Crippen molar-refractivity contribution in [2.75, 3.05) is 64.5 Å². The van der Waals surface area contributed by atoms with Crippen molar-refractivity contribution in [3.05, 3.63) is 71.0 Å². The lowest BCUT2D eigenvalue weighted by molar-refractivity contribution is -0.136. The predicted octanol–water partition coefficient (Wildman–Crippen LogP) is 2.78. The largest absolute Gasteiger partial charge is 0.483 e. The SMILES string of the molecule is O=C(COc1cccc2c1C(=O)N(C1CCC(=O)NC1=O)C2=O)NCCOCCOCCN1CCC[C@@H](Nc2ncc(Cl)c(-c3c[nH]c4ccccc34)n2)C1. The maximum atomic E-state index is 13.2. The summed E-state index contributed by atoms with van der Waals surface area (Å²) in [5.41, 5.74) is 2.68. The molecule has 3 aliphatic rings. The van der Waals surface area contributed by atoms with Crippen molar-refractivity contribution in [3.8, 4) is 17.0 Å². The number of benzene rings is 2.